The molecule has 7 rings (SSSR count). The molecule has 0 heterocycles. The molecule has 6 aliphatic rings. The zero-order valence-electron chi connectivity index (χ0n) is 36.8. The number of aliphatic hydroxyl groups excluding tert-OH is 1. The number of carbonyl (C=O) groups is 4. The molecule has 5 fully saturated rings. The molecule has 0 radical (unpaired) electrons. The summed E-state index contributed by atoms with van der Waals surface area (Å²) in [5.41, 5.74) is -1.03. The van der Waals surface area contributed by atoms with Gasteiger partial charge < -0.3 is 20.3 Å². The van der Waals surface area contributed by atoms with Crippen LogP contribution in [-0.2, 0) is 30.5 Å². The summed E-state index contributed by atoms with van der Waals surface area (Å²) >= 11 is 0. The highest BCUT2D eigenvalue weighted by Crippen LogP contribution is 2.79. The van der Waals surface area contributed by atoms with Crippen LogP contribution < -0.4 is 5.32 Å². The number of hydrogen-bond acceptors (Lipinski definition) is 6. The lowest BCUT2D eigenvalue weighted by Gasteiger charge is -2.74. The Labute approximate surface area is 341 Å². The minimum atomic E-state index is -1.04. The van der Waals surface area contributed by atoms with Gasteiger partial charge in [0.25, 0.3) is 0 Å². The van der Waals surface area contributed by atoms with Gasteiger partial charge in [-0.3, -0.25) is 19.2 Å². The van der Waals surface area contributed by atoms with E-state index in [0.29, 0.717) is 24.7 Å². The average molecular weight is 786 g/mol. The van der Waals surface area contributed by atoms with E-state index in [1.54, 1.807) is 0 Å². The van der Waals surface area contributed by atoms with Crippen LogP contribution in [0.5, 0.6) is 0 Å². The van der Waals surface area contributed by atoms with Crippen LogP contribution in [0, 0.1) is 73.4 Å². The summed E-state index contributed by atoms with van der Waals surface area (Å²) in [4.78, 5) is 55.8. The van der Waals surface area contributed by atoms with Gasteiger partial charge in [0.1, 0.15) is 6.61 Å². The Morgan fingerprint density at radius 1 is 0.860 bits per heavy atom. The number of fused-ring (bicyclic) bond motifs is 7. The topological polar surface area (TPSA) is 130 Å². The van der Waals surface area contributed by atoms with Crippen molar-refractivity contribution >= 4 is 23.6 Å². The SMILES string of the molecule is CC(C)C1=C2[C@H]3CC[C@@H]4[C@]5(C)CC[C@H]([C@@]6(C(=O)O)C[C@@H](C(=O)OCc7ccccc7)C6(C)C)C(C)(C)[C@H]5CC[C@@]4(C)[C@]3(C)CC[C@@]2(C(=O)NC(C)(C)CO)CC1=O. The second-order valence-corrected chi connectivity index (χ2v) is 22.5. The third-order valence-corrected chi connectivity index (χ3v) is 18.8. The van der Waals surface area contributed by atoms with E-state index in [1.807, 2.05) is 58.0 Å². The Kier molecular flexibility index (Phi) is 9.99. The average Bonchev–Trinajstić information content (AvgIpc) is 3.45. The molecule has 6 aliphatic carbocycles. The van der Waals surface area contributed by atoms with E-state index in [2.05, 4.69) is 53.8 Å². The molecule has 5 saturated carbocycles. The maximum absolute atomic E-state index is 14.4. The first-order valence-corrected chi connectivity index (χ1v) is 22.1. The Hall–Kier alpha value is -3.00. The highest BCUT2D eigenvalue weighted by molar-refractivity contribution is 6.07. The van der Waals surface area contributed by atoms with Crippen molar-refractivity contribution in [3.63, 3.8) is 0 Å². The van der Waals surface area contributed by atoms with Crippen molar-refractivity contribution in [2.45, 2.75) is 153 Å². The molecule has 0 unspecified atom stereocenters. The molecule has 0 aromatic heterocycles. The Morgan fingerprint density at radius 3 is 2.11 bits per heavy atom. The van der Waals surface area contributed by atoms with Crippen molar-refractivity contribution in [3.05, 3.63) is 47.0 Å². The lowest BCUT2D eigenvalue weighted by atomic mass is 9.29. The minimum absolute atomic E-state index is 0.0135. The number of carbonyl (C=O) groups excluding carboxylic acids is 3. The first-order chi connectivity index (χ1) is 26.4. The van der Waals surface area contributed by atoms with Crippen LogP contribution in [0.4, 0.5) is 0 Å². The van der Waals surface area contributed by atoms with Gasteiger partial charge >= 0.3 is 11.9 Å². The molecular weight excluding hydrogens is 715 g/mol. The number of esters is 1. The first kappa shape index (κ1) is 42.1. The summed E-state index contributed by atoms with van der Waals surface area (Å²) in [6.45, 7) is 24.0. The standard InChI is InChI=1S/C49H71NO7/c1-29(2)37-33(52)26-48(40(54)50-42(3,4)28-51)24-23-46(10)31(38(37)48)17-18-36-45(9)21-19-35(43(5,6)34(45)20-22-47(36,46)11)49(41(55)56)25-32(44(49,7)8)39(53)57-27-30-15-13-12-14-16-30/h12-16,29,31-32,34-36,51H,17-28H2,1-11H3,(H,50,54)(H,55,56)/t31-,32+,34-,35+,36-,45-,46-,47-,48-,49-/m1/s1. The highest BCUT2D eigenvalue weighted by Gasteiger charge is 2.76. The molecule has 8 nitrogen and oxygen atoms in total. The zero-order valence-corrected chi connectivity index (χ0v) is 36.8. The predicted molar refractivity (Wildman–Crippen MR) is 220 cm³/mol. The minimum Gasteiger partial charge on any atom is -0.481 e. The summed E-state index contributed by atoms with van der Waals surface area (Å²) in [6, 6.07) is 9.64. The maximum atomic E-state index is 14.4. The zero-order chi connectivity index (χ0) is 41.9. The number of hydrogen-bond donors (Lipinski definition) is 3. The van der Waals surface area contributed by atoms with Gasteiger partial charge in [-0.1, -0.05) is 92.6 Å². The van der Waals surface area contributed by atoms with Crippen LogP contribution in [0.2, 0.25) is 0 Å². The van der Waals surface area contributed by atoms with Crippen LogP contribution in [0.25, 0.3) is 0 Å². The van der Waals surface area contributed by atoms with Crippen molar-refractivity contribution in [1.29, 1.82) is 0 Å². The van der Waals surface area contributed by atoms with Gasteiger partial charge in [0.2, 0.25) is 5.91 Å². The van der Waals surface area contributed by atoms with Gasteiger partial charge in [-0.25, -0.2) is 0 Å². The summed E-state index contributed by atoms with van der Waals surface area (Å²) in [6.07, 6.45) is 7.73. The molecule has 314 valence electrons. The lowest BCUT2D eigenvalue weighted by Crippen LogP contribution is -2.71. The van der Waals surface area contributed by atoms with Gasteiger partial charge in [0, 0.05) is 6.42 Å². The molecule has 0 bridgehead atoms. The van der Waals surface area contributed by atoms with Gasteiger partial charge in [0.05, 0.1) is 28.9 Å². The van der Waals surface area contributed by atoms with Crippen LogP contribution in [0.1, 0.15) is 146 Å². The summed E-state index contributed by atoms with van der Waals surface area (Å²) in [5.74, 6) is -0.788. The van der Waals surface area contributed by atoms with Crippen LogP contribution in [0.3, 0.4) is 0 Å². The Balaban J connectivity index is 1.18. The van der Waals surface area contributed by atoms with Crippen LogP contribution in [-0.4, -0.2) is 46.0 Å². The fourth-order valence-electron chi connectivity index (χ4n) is 15.6. The number of carboxylic acids is 1. The number of nitrogens with one attached hydrogen (secondary N) is 1. The predicted octanol–water partition coefficient (Wildman–Crippen LogP) is 9.33. The van der Waals surface area contributed by atoms with E-state index in [1.165, 1.54) is 0 Å². The van der Waals surface area contributed by atoms with Gasteiger partial charge in [-0.15, -0.1) is 0 Å². The number of aliphatic carboxylic acids is 1. The molecular formula is C49H71NO7. The number of Topliss-reactive ketones (excluding diaryl/α,β-unsaturated/α-hetero) is 1. The number of allylic oxidation sites excluding steroid dienone is 1. The highest BCUT2D eigenvalue weighted by atomic mass is 16.5. The van der Waals surface area contributed by atoms with Crippen molar-refractivity contribution < 1.29 is 34.1 Å². The molecule has 1 amide bonds. The fraction of sp³-hybridized carbons (Fsp3) is 0.755. The third kappa shape index (κ3) is 5.66. The first-order valence-electron chi connectivity index (χ1n) is 22.1. The molecule has 8 heteroatoms. The van der Waals surface area contributed by atoms with Crippen molar-refractivity contribution in [2.75, 3.05) is 6.61 Å². The number of ether oxygens (including phenoxy) is 1. The smallest absolute Gasteiger partial charge is 0.310 e. The molecule has 0 saturated heterocycles. The van der Waals surface area contributed by atoms with E-state index >= 15 is 0 Å². The molecule has 0 spiro atoms. The van der Waals surface area contributed by atoms with Gasteiger partial charge in [0.15, 0.2) is 5.78 Å². The molecule has 57 heavy (non-hydrogen) atoms. The van der Waals surface area contributed by atoms with Crippen LogP contribution in [0.15, 0.2) is 41.5 Å². The third-order valence-electron chi connectivity index (χ3n) is 18.8. The van der Waals surface area contributed by atoms with Crippen molar-refractivity contribution in [3.8, 4) is 0 Å². The number of rotatable bonds is 9. The quantitative estimate of drug-likeness (QED) is 0.213. The van der Waals surface area contributed by atoms with E-state index in [9.17, 15) is 29.4 Å². The Bertz CT molecular complexity index is 1860. The normalized spacial score (nSPS) is 40.6. The molecule has 1 aromatic rings. The number of carboxylic acid groups (broad SMARTS) is 1. The van der Waals surface area contributed by atoms with Crippen LogP contribution >= 0.6 is 0 Å². The fourth-order valence-corrected chi connectivity index (χ4v) is 15.6. The maximum Gasteiger partial charge on any atom is 0.310 e. The van der Waals surface area contributed by atoms with E-state index < -0.39 is 33.7 Å². The van der Waals surface area contributed by atoms with Gasteiger partial charge in [-0.2, -0.15) is 0 Å². The molecule has 1 aromatic carbocycles. The monoisotopic (exact) mass is 786 g/mol. The van der Waals surface area contributed by atoms with Crippen molar-refractivity contribution in [2.24, 2.45) is 73.4 Å². The largest absolute Gasteiger partial charge is 0.481 e. The number of amides is 1. The lowest BCUT2D eigenvalue weighted by molar-refractivity contribution is -0.261. The van der Waals surface area contributed by atoms with Crippen molar-refractivity contribution in [1.82, 2.24) is 5.32 Å². The summed E-state index contributed by atoms with van der Waals surface area (Å²) < 4.78 is 5.82. The van der Waals surface area contributed by atoms with E-state index in [4.69, 9.17) is 4.74 Å². The second kappa shape index (κ2) is 13.5. The number of aliphatic hydroxyl groups is 1. The van der Waals surface area contributed by atoms with E-state index in [-0.39, 0.29) is 76.7 Å². The van der Waals surface area contributed by atoms with E-state index in [0.717, 1.165) is 61.7 Å². The number of ketones is 1. The molecule has 3 N–H and O–H groups in total. The molecule has 0 aliphatic heterocycles. The Morgan fingerprint density at radius 2 is 1.51 bits per heavy atom. The number of benzene rings is 1. The summed E-state index contributed by atoms with van der Waals surface area (Å²) in [7, 11) is 0. The molecule has 10 atom stereocenters. The second-order valence-electron chi connectivity index (χ2n) is 22.5. The summed E-state index contributed by atoms with van der Waals surface area (Å²) in [5, 5.41) is 24.5. The van der Waals surface area contributed by atoms with Gasteiger partial charge in [-0.05, 0) is 145 Å².